The number of hydrogen-bond donors (Lipinski definition) is 1. The van der Waals surface area contributed by atoms with E-state index in [1.54, 1.807) is 48.8 Å². The van der Waals surface area contributed by atoms with E-state index in [1.807, 2.05) is 56.3 Å². The van der Waals surface area contributed by atoms with Gasteiger partial charge in [-0.25, -0.2) is 0 Å². The number of carbonyl (C=O) groups excluding carboxylic acids is 2. The van der Waals surface area contributed by atoms with Crippen molar-refractivity contribution in [3.05, 3.63) is 136 Å². The Kier molecular flexibility index (Phi) is 7.05. The Morgan fingerprint density at radius 3 is 2.26 bits per heavy atom. The van der Waals surface area contributed by atoms with Crippen LogP contribution in [0.1, 0.15) is 39.4 Å². The maximum Gasteiger partial charge on any atom is 0.295 e. The third-order valence-corrected chi connectivity index (χ3v) is 6.65. The molecular formula is C32H28N2O4. The number of aliphatic hydroxyl groups excluding tert-OH is 1. The van der Waals surface area contributed by atoms with Crippen molar-refractivity contribution >= 4 is 17.4 Å². The number of carbonyl (C=O) groups is 2. The molecular weight excluding hydrogens is 476 g/mol. The van der Waals surface area contributed by atoms with E-state index < -0.39 is 17.7 Å². The van der Waals surface area contributed by atoms with Crippen molar-refractivity contribution in [2.45, 2.75) is 33.0 Å². The van der Waals surface area contributed by atoms with Gasteiger partial charge in [0.15, 0.2) is 0 Å². The van der Waals surface area contributed by atoms with Crippen LogP contribution in [0.2, 0.25) is 0 Å². The highest BCUT2D eigenvalue weighted by atomic mass is 16.5. The highest BCUT2D eigenvalue weighted by Crippen LogP contribution is 2.40. The smallest absolute Gasteiger partial charge is 0.295 e. The van der Waals surface area contributed by atoms with Crippen LogP contribution in [0.3, 0.4) is 0 Å². The minimum absolute atomic E-state index is 0.0707. The van der Waals surface area contributed by atoms with Gasteiger partial charge >= 0.3 is 0 Å². The van der Waals surface area contributed by atoms with E-state index in [0.717, 1.165) is 27.8 Å². The van der Waals surface area contributed by atoms with Crippen molar-refractivity contribution in [3.8, 4) is 5.75 Å². The third kappa shape index (κ3) is 5.20. The number of pyridine rings is 1. The molecule has 190 valence electrons. The molecule has 1 N–H and O–H groups in total. The van der Waals surface area contributed by atoms with Gasteiger partial charge < -0.3 is 14.7 Å². The summed E-state index contributed by atoms with van der Waals surface area (Å²) in [6.07, 6.45) is 3.30. The fourth-order valence-electron chi connectivity index (χ4n) is 4.66. The summed E-state index contributed by atoms with van der Waals surface area (Å²) in [6.45, 7) is 4.64. The fourth-order valence-corrected chi connectivity index (χ4v) is 4.66. The lowest BCUT2D eigenvalue weighted by atomic mass is 9.94. The van der Waals surface area contributed by atoms with Crippen LogP contribution in [0.5, 0.6) is 5.75 Å². The second kappa shape index (κ2) is 10.7. The Morgan fingerprint density at radius 2 is 1.58 bits per heavy atom. The van der Waals surface area contributed by atoms with Crippen LogP contribution >= 0.6 is 0 Å². The van der Waals surface area contributed by atoms with Crippen molar-refractivity contribution in [2.75, 3.05) is 0 Å². The number of hydrogen-bond acceptors (Lipinski definition) is 5. The van der Waals surface area contributed by atoms with Gasteiger partial charge in [0, 0.05) is 24.5 Å². The molecule has 1 atom stereocenters. The van der Waals surface area contributed by atoms with Crippen molar-refractivity contribution in [2.24, 2.45) is 0 Å². The molecule has 0 bridgehead atoms. The first-order chi connectivity index (χ1) is 18.4. The van der Waals surface area contributed by atoms with Gasteiger partial charge in [-0.05, 0) is 66.9 Å². The number of rotatable bonds is 7. The molecule has 1 aromatic heterocycles. The first-order valence-corrected chi connectivity index (χ1v) is 12.4. The van der Waals surface area contributed by atoms with Gasteiger partial charge in [-0.1, -0.05) is 59.7 Å². The minimum Gasteiger partial charge on any atom is -0.507 e. The van der Waals surface area contributed by atoms with Crippen LogP contribution in [0.4, 0.5) is 0 Å². The fraction of sp³-hybridized carbons (Fsp3) is 0.156. The van der Waals surface area contributed by atoms with Crippen LogP contribution < -0.4 is 4.74 Å². The monoisotopic (exact) mass is 504 g/mol. The molecule has 2 heterocycles. The number of aliphatic hydroxyl groups is 1. The Morgan fingerprint density at radius 1 is 0.868 bits per heavy atom. The van der Waals surface area contributed by atoms with Gasteiger partial charge in [0.25, 0.3) is 11.7 Å². The maximum atomic E-state index is 13.3. The van der Waals surface area contributed by atoms with E-state index in [-0.39, 0.29) is 17.9 Å². The molecule has 0 saturated carbocycles. The summed E-state index contributed by atoms with van der Waals surface area (Å²) in [5.41, 5.74) is 5.38. The molecule has 5 rings (SSSR count). The Bertz CT molecular complexity index is 1490. The third-order valence-electron chi connectivity index (χ3n) is 6.65. The van der Waals surface area contributed by atoms with Gasteiger partial charge in [0.2, 0.25) is 0 Å². The molecule has 0 aliphatic carbocycles. The lowest BCUT2D eigenvalue weighted by molar-refractivity contribution is -0.140. The Hall–Kier alpha value is -4.71. The number of Topliss-reactive ketones (excluding diaryl/α,β-unsaturated/α-hetero) is 1. The summed E-state index contributed by atoms with van der Waals surface area (Å²) in [5, 5.41) is 11.3. The van der Waals surface area contributed by atoms with E-state index in [9.17, 15) is 14.7 Å². The standard InChI is InChI=1S/C32H28N2O4/c1-21-6-8-25(9-7-21)29-28(31(36)32(37)34(29)19-23-14-16-33-17-15-23)30(35)26-10-12-27(13-11-26)38-20-24-5-3-4-22(2)18-24/h3-18,29,35H,19-20H2,1-2H3/b30-28+. The zero-order valence-electron chi connectivity index (χ0n) is 21.3. The molecule has 6 nitrogen and oxygen atoms in total. The molecule has 1 fully saturated rings. The quantitative estimate of drug-likeness (QED) is 0.193. The van der Waals surface area contributed by atoms with Crippen molar-refractivity contribution < 1.29 is 19.4 Å². The highest BCUT2D eigenvalue weighted by Gasteiger charge is 2.46. The van der Waals surface area contributed by atoms with Gasteiger partial charge in [-0.3, -0.25) is 14.6 Å². The molecule has 1 saturated heterocycles. The summed E-state index contributed by atoms with van der Waals surface area (Å²) in [6, 6.07) is 25.5. The second-order valence-corrected chi connectivity index (χ2v) is 9.50. The number of benzene rings is 3. The van der Waals surface area contributed by atoms with Crippen LogP contribution in [-0.2, 0) is 22.7 Å². The normalized spacial score (nSPS) is 16.6. The highest BCUT2D eigenvalue weighted by molar-refractivity contribution is 6.46. The SMILES string of the molecule is Cc1ccc(C2/C(=C(\O)c3ccc(OCc4cccc(C)c4)cc3)C(=O)C(=O)N2Cc2ccncc2)cc1. The van der Waals surface area contributed by atoms with E-state index in [1.165, 1.54) is 4.90 Å². The zero-order valence-corrected chi connectivity index (χ0v) is 21.3. The maximum absolute atomic E-state index is 13.3. The summed E-state index contributed by atoms with van der Waals surface area (Å²) in [5.74, 6) is -0.929. The van der Waals surface area contributed by atoms with Gasteiger partial charge in [-0.2, -0.15) is 0 Å². The number of nitrogens with zero attached hydrogens (tertiary/aromatic N) is 2. The largest absolute Gasteiger partial charge is 0.507 e. The average molecular weight is 505 g/mol. The summed E-state index contributed by atoms with van der Waals surface area (Å²) in [4.78, 5) is 32.0. The van der Waals surface area contributed by atoms with Gasteiger partial charge in [0.05, 0.1) is 11.6 Å². The molecule has 0 spiro atoms. The van der Waals surface area contributed by atoms with Gasteiger partial charge in [-0.15, -0.1) is 0 Å². The van der Waals surface area contributed by atoms with Crippen LogP contribution in [-0.4, -0.2) is 26.7 Å². The minimum atomic E-state index is -0.721. The molecule has 1 aliphatic rings. The van der Waals surface area contributed by atoms with Crippen LogP contribution in [0, 0.1) is 13.8 Å². The lowest BCUT2D eigenvalue weighted by Gasteiger charge is -2.25. The Labute approximate surface area is 221 Å². The summed E-state index contributed by atoms with van der Waals surface area (Å²) >= 11 is 0. The lowest BCUT2D eigenvalue weighted by Crippen LogP contribution is -2.29. The molecule has 38 heavy (non-hydrogen) atoms. The molecule has 1 unspecified atom stereocenters. The van der Waals surface area contributed by atoms with E-state index >= 15 is 0 Å². The predicted octanol–water partition coefficient (Wildman–Crippen LogP) is 5.90. The molecule has 4 aromatic rings. The molecule has 6 heteroatoms. The summed E-state index contributed by atoms with van der Waals surface area (Å²) < 4.78 is 5.90. The van der Waals surface area contributed by atoms with Gasteiger partial charge in [0.1, 0.15) is 18.1 Å². The number of ether oxygens (including phenoxy) is 1. The first-order valence-electron chi connectivity index (χ1n) is 12.4. The molecule has 1 aliphatic heterocycles. The van der Waals surface area contributed by atoms with Crippen molar-refractivity contribution in [1.82, 2.24) is 9.88 Å². The Balaban J connectivity index is 1.47. The van der Waals surface area contributed by atoms with E-state index in [2.05, 4.69) is 11.1 Å². The molecule has 1 amide bonds. The summed E-state index contributed by atoms with van der Waals surface area (Å²) in [7, 11) is 0. The van der Waals surface area contributed by atoms with Crippen molar-refractivity contribution in [1.29, 1.82) is 0 Å². The van der Waals surface area contributed by atoms with Crippen molar-refractivity contribution in [3.63, 3.8) is 0 Å². The number of likely N-dealkylation sites (tertiary alicyclic amines) is 1. The van der Waals surface area contributed by atoms with Crippen LogP contribution in [0.25, 0.3) is 5.76 Å². The number of ketones is 1. The predicted molar refractivity (Wildman–Crippen MR) is 145 cm³/mol. The average Bonchev–Trinajstić information content (AvgIpc) is 3.18. The number of aryl methyl sites for hydroxylation is 2. The van der Waals surface area contributed by atoms with E-state index in [4.69, 9.17) is 4.74 Å². The zero-order chi connectivity index (χ0) is 26.6. The van der Waals surface area contributed by atoms with Crippen LogP contribution in [0.15, 0.2) is 103 Å². The van der Waals surface area contributed by atoms with E-state index in [0.29, 0.717) is 17.9 Å². The number of aromatic nitrogens is 1. The topological polar surface area (TPSA) is 79.7 Å². The molecule has 3 aromatic carbocycles. The second-order valence-electron chi connectivity index (χ2n) is 9.50. The molecule has 0 radical (unpaired) electrons. The first kappa shape index (κ1) is 25.0. The number of amides is 1.